The first-order valence-corrected chi connectivity index (χ1v) is 11.9. The molecule has 0 aliphatic rings. The fraction of sp³-hybridized carbons (Fsp3) is 0.250. The van der Waals surface area contributed by atoms with E-state index in [0.29, 0.717) is 35.5 Å². The molecule has 0 amide bonds. The summed E-state index contributed by atoms with van der Waals surface area (Å²) in [5.74, 6) is -0.632. The molecule has 5 rings (SSSR count). The van der Waals surface area contributed by atoms with Gasteiger partial charge < -0.3 is 4.74 Å². The van der Waals surface area contributed by atoms with Crippen LogP contribution < -0.4 is 4.68 Å². The predicted octanol–water partition coefficient (Wildman–Crippen LogP) is 4.18. The minimum absolute atomic E-state index is 0.0585. The SMILES string of the molecule is COCC[C@@H](c1ccc(-c2c(-[n+]3cnn[nH]3)ccc(Cl)c2F)cn1)n1cc(-c2cc(C(F)(F)F)nn2C)cn1. The van der Waals surface area contributed by atoms with Gasteiger partial charge in [0, 0.05) is 44.3 Å². The Bertz CT molecular complexity index is 1580. The number of benzene rings is 1. The van der Waals surface area contributed by atoms with E-state index in [1.54, 1.807) is 36.2 Å². The van der Waals surface area contributed by atoms with Crippen LogP contribution in [0.25, 0.3) is 28.1 Å². The molecule has 15 heteroatoms. The third kappa shape index (κ3) is 5.25. The number of ether oxygens (including phenoxy) is 1. The number of halogens is 5. The van der Waals surface area contributed by atoms with E-state index in [-0.39, 0.29) is 16.3 Å². The van der Waals surface area contributed by atoms with E-state index in [4.69, 9.17) is 16.3 Å². The van der Waals surface area contributed by atoms with Crippen molar-refractivity contribution in [3.05, 3.63) is 77.5 Å². The number of nitrogens with one attached hydrogen (secondary N) is 1. The quantitative estimate of drug-likeness (QED) is 0.225. The van der Waals surface area contributed by atoms with Gasteiger partial charge in [-0.25, -0.2) is 4.39 Å². The van der Waals surface area contributed by atoms with Crippen molar-refractivity contribution in [3.63, 3.8) is 0 Å². The third-order valence-electron chi connectivity index (χ3n) is 6.11. The van der Waals surface area contributed by atoms with Gasteiger partial charge in [0.25, 0.3) is 6.33 Å². The fourth-order valence-corrected chi connectivity index (χ4v) is 4.38. The summed E-state index contributed by atoms with van der Waals surface area (Å²) < 4.78 is 64.0. The maximum atomic E-state index is 15.2. The summed E-state index contributed by atoms with van der Waals surface area (Å²) in [5.41, 5.74) is 1.40. The highest BCUT2D eigenvalue weighted by Crippen LogP contribution is 2.34. The Hall–Kier alpha value is -4.17. The van der Waals surface area contributed by atoms with Crippen molar-refractivity contribution in [3.8, 4) is 28.1 Å². The normalized spacial score (nSPS) is 12.7. The van der Waals surface area contributed by atoms with Gasteiger partial charge in [-0.05, 0) is 30.7 Å². The van der Waals surface area contributed by atoms with Crippen molar-refractivity contribution in [2.75, 3.05) is 13.7 Å². The molecule has 0 aliphatic carbocycles. The van der Waals surface area contributed by atoms with Gasteiger partial charge in [-0.2, -0.15) is 23.4 Å². The summed E-state index contributed by atoms with van der Waals surface area (Å²) in [6.07, 6.45) is 1.91. The van der Waals surface area contributed by atoms with Crippen LogP contribution in [-0.4, -0.2) is 53.8 Å². The second-order valence-corrected chi connectivity index (χ2v) is 8.98. The molecule has 10 nitrogen and oxygen atoms in total. The summed E-state index contributed by atoms with van der Waals surface area (Å²) >= 11 is 6.07. The van der Waals surface area contributed by atoms with Crippen molar-refractivity contribution < 1.29 is 27.0 Å². The minimum atomic E-state index is -4.56. The number of tetrazole rings is 1. The van der Waals surface area contributed by atoms with Crippen molar-refractivity contribution in [1.29, 1.82) is 0 Å². The van der Waals surface area contributed by atoms with Gasteiger partial charge in [0.05, 0.1) is 34.2 Å². The first-order valence-electron chi connectivity index (χ1n) is 11.5. The summed E-state index contributed by atoms with van der Waals surface area (Å²) in [5, 5.41) is 17.9. The zero-order valence-corrected chi connectivity index (χ0v) is 21.3. The minimum Gasteiger partial charge on any atom is -0.385 e. The van der Waals surface area contributed by atoms with E-state index in [0.717, 1.165) is 10.7 Å². The van der Waals surface area contributed by atoms with Gasteiger partial charge in [-0.3, -0.25) is 14.3 Å². The van der Waals surface area contributed by atoms with Gasteiger partial charge in [0.15, 0.2) is 16.7 Å². The largest absolute Gasteiger partial charge is 0.435 e. The first-order chi connectivity index (χ1) is 18.7. The topological polar surface area (TPSA) is 103 Å². The second-order valence-electron chi connectivity index (χ2n) is 8.57. The van der Waals surface area contributed by atoms with Crippen LogP contribution in [0, 0.1) is 5.82 Å². The molecule has 0 spiro atoms. The van der Waals surface area contributed by atoms with Crippen LogP contribution in [0.2, 0.25) is 5.02 Å². The molecule has 1 aromatic carbocycles. The lowest BCUT2D eigenvalue weighted by Crippen LogP contribution is -2.33. The third-order valence-corrected chi connectivity index (χ3v) is 6.40. The fourth-order valence-electron chi connectivity index (χ4n) is 4.22. The van der Waals surface area contributed by atoms with Gasteiger partial charge in [0.1, 0.15) is 10.8 Å². The number of H-pyrrole nitrogens is 1. The first kappa shape index (κ1) is 26.4. The number of alkyl halides is 3. The molecule has 4 aromatic heterocycles. The van der Waals surface area contributed by atoms with Crippen LogP contribution in [0.4, 0.5) is 17.6 Å². The zero-order chi connectivity index (χ0) is 27.7. The Morgan fingerprint density at radius 2 is 1.97 bits per heavy atom. The molecule has 202 valence electrons. The molecule has 4 heterocycles. The van der Waals surface area contributed by atoms with Crippen LogP contribution in [0.1, 0.15) is 23.9 Å². The Labute approximate surface area is 223 Å². The number of hydrogen-bond acceptors (Lipinski definition) is 6. The molecule has 0 bridgehead atoms. The van der Waals surface area contributed by atoms with E-state index in [2.05, 4.69) is 30.7 Å². The van der Waals surface area contributed by atoms with Crippen LogP contribution >= 0.6 is 11.6 Å². The van der Waals surface area contributed by atoms with Crippen molar-refractivity contribution >= 4 is 11.6 Å². The predicted molar refractivity (Wildman–Crippen MR) is 130 cm³/mol. The van der Waals surface area contributed by atoms with Gasteiger partial charge in [-0.15, -0.1) is 4.68 Å². The highest BCUT2D eigenvalue weighted by atomic mass is 35.5. The van der Waals surface area contributed by atoms with E-state index in [1.165, 1.54) is 36.5 Å². The highest BCUT2D eigenvalue weighted by molar-refractivity contribution is 6.31. The molecule has 0 saturated heterocycles. The Kier molecular flexibility index (Phi) is 7.14. The molecule has 1 N–H and O–H groups in total. The molecule has 5 aromatic rings. The van der Waals surface area contributed by atoms with Gasteiger partial charge in [0.2, 0.25) is 0 Å². The number of hydrogen-bond donors (Lipinski definition) is 1. The molecular weight excluding hydrogens is 542 g/mol. The molecule has 1 atom stereocenters. The monoisotopic (exact) mass is 562 g/mol. The van der Waals surface area contributed by atoms with Crippen molar-refractivity contribution in [2.45, 2.75) is 18.6 Å². The summed E-state index contributed by atoms with van der Waals surface area (Å²) in [6, 6.07) is 7.04. The lowest BCUT2D eigenvalue weighted by Gasteiger charge is -2.17. The maximum Gasteiger partial charge on any atom is 0.435 e. The number of nitrogens with zero attached hydrogens (tertiary/aromatic N) is 8. The number of methoxy groups -OCH3 is 1. The molecule has 0 fully saturated rings. The second kappa shape index (κ2) is 10.5. The van der Waals surface area contributed by atoms with Crippen molar-refractivity contribution in [1.82, 2.24) is 40.1 Å². The van der Waals surface area contributed by atoms with Gasteiger partial charge >= 0.3 is 6.18 Å². The van der Waals surface area contributed by atoms with Gasteiger partial charge in [-0.1, -0.05) is 22.9 Å². The summed E-state index contributed by atoms with van der Waals surface area (Å²) in [4.78, 5) is 4.57. The molecular formula is C24H21ClF4N9O+. The smallest absolute Gasteiger partial charge is 0.385 e. The average Bonchev–Trinajstić information content (AvgIpc) is 3.67. The number of rotatable bonds is 8. The van der Waals surface area contributed by atoms with Crippen LogP contribution in [0.5, 0.6) is 0 Å². The lowest BCUT2D eigenvalue weighted by atomic mass is 10.0. The lowest BCUT2D eigenvalue weighted by molar-refractivity contribution is -0.659. The summed E-state index contributed by atoms with van der Waals surface area (Å²) in [6.45, 7) is 0.365. The molecule has 39 heavy (non-hydrogen) atoms. The number of aryl methyl sites for hydroxylation is 1. The van der Waals surface area contributed by atoms with Crippen molar-refractivity contribution in [2.24, 2.45) is 7.05 Å². The van der Waals surface area contributed by atoms with E-state index >= 15 is 4.39 Å². The molecule has 0 unspecified atom stereocenters. The number of pyridine rings is 1. The van der Waals surface area contributed by atoms with E-state index < -0.39 is 23.7 Å². The Morgan fingerprint density at radius 1 is 1.15 bits per heavy atom. The van der Waals surface area contributed by atoms with E-state index in [1.807, 2.05) is 0 Å². The van der Waals surface area contributed by atoms with Crippen LogP contribution in [-0.2, 0) is 18.0 Å². The maximum absolute atomic E-state index is 15.2. The number of aromatic nitrogens is 9. The van der Waals surface area contributed by atoms with Crippen LogP contribution in [0.15, 0.2) is 55.2 Å². The standard InChI is InChI=1S/C24H20ClF4N9O/c1-36-20(9-21(33-36)24(27,28)29)15-11-32-37(12-15)18(7-8-39-2)17-5-3-14(10-30-17)22-19(38-13-31-34-35-38)6-4-16(25)23(22)26/h3-6,9-13,18H,7-8H2,1-2H3/p+1/t18-/m0/s1. The highest BCUT2D eigenvalue weighted by Gasteiger charge is 2.35. The average molecular weight is 563 g/mol. The van der Waals surface area contributed by atoms with Crippen LogP contribution in [0.3, 0.4) is 0 Å². The zero-order valence-electron chi connectivity index (χ0n) is 20.6. The van der Waals surface area contributed by atoms with E-state index in [9.17, 15) is 13.2 Å². The molecule has 0 saturated carbocycles. The molecule has 0 aliphatic heterocycles. The number of aromatic amines is 1. The summed E-state index contributed by atoms with van der Waals surface area (Å²) in [7, 11) is 2.99. The molecule has 0 radical (unpaired) electrons. The Morgan fingerprint density at radius 3 is 2.62 bits per heavy atom. The Balaban J connectivity index is 1.50.